The van der Waals surface area contributed by atoms with Gasteiger partial charge in [-0.1, -0.05) is 48.5 Å². The van der Waals surface area contributed by atoms with Crippen molar-refractivity contribution >= 4 is 21.7 Å². The molecule has 0 bridgehead atoms. The lowest BCUT2D eigenvalue weighted by Crippen LogP contribution is -2.30. The summed E-state index contributed by atoms with van der Waals surface area (Å²) >= 11 is 0. The quantitative estimate of drug-likeness (QED) is 0.370. The Balaban J connectivity index is 1.70. The molecule has 10 heteroatoms. The van der Waals surface area contributed by atoms with E-state index in [-0.39, 0.29) is 35.8 Å². The molecule has 0 saturated heterocycles. The SMILES string of the molecule is CCN(c1ccccc1)S(=O)(=O)c1ccc(-n2[nH]c(CC(=O)O)c(Cc3ccccc3)c2=O)nc1. The summed E-state index contributed by atoms with van der Waals surface area (Å²) in [4.78, 5) is 28.7. The topological polar surface area (TPSA) is 125 Å². The average molecular weight is 493 g/mol. The molecule has 0 aliphatic carbocycles. The van der Waals surface area contributed by atoms with Crippen LogP contribution in [0.2, 0.25) is 0 Å². The Morgan fingerprint density at radius 3 is 2.26 bits per heavy atom. The Bertz CT molecular complexity index is 1480. The van der Waals surface area contributed by atoms with E-state index in [2.05, 4.69) is 10.1 Å². The number of H-pyrrole nitrogens is 1. The predicted molar refractivity (Wildman–Crippen MR) is 131 cm³/mol. The third-order valence-corrected chi connectivity index (χ3v) is 7.38. The number of sulfonamides is 1. The van der Waals surface area contributed by atoms with Crippen LogP contribution in [0.25, 0.3) is 5.82 Å². The van der Waals surface area contributed by atoms with Gasteiger partial charge in [0.2, 0.25) is 0 Å². The van der Waals surface area contributed by atoms with Gasteiger partial charge in [-0.05, 0) is 36.8 Å². The van der Waals surface area contributed by atoms with Crippen LogP contribution in [0.1, 0.15) is 23.7 Å². The third-order valence-electron chi connectivity index (χ3n) is 5.49. The average Bonchev–Trinajstić information content (AvgIpc) is 3.15. The highest BCUT2D eigenvalue weighted by atomic mass is 32.2. The Hall–Kier alpha value is -4.18. The Kier molecular flexibility index (Phi) is 6.83. The van der Waals surface area contributed by atoms with Gasteiger partial charge >= 0.3 is 5.97 Å². The maximum absolute atomic E-state index is 13.2. The van der Waals surface area contributed by atoms with Crippen LogP contribution in [-0.2, 0) is 27.7 Å². The van der Waals surface area contributed by atoms with Crippen LogP contribution in [0.5, 0.6) is 0 Å². The standard InChI is InChI=1S/C25H24N4O5S/c1-2-28(19-11-7-4-8-12-19)35(33,34)20-13-14-23(26-17-20)29-25(32)21(22(27-29)16-24(30)31)15-18-9-5-3-6-10-18/h3-14,17,27H,2,15-16H2,1H3,(H,30,31). The lowest BCUT2D eigenvalue weighted by Gasteiger charge is -2.22. The molecule has 0 radical (unpaired) electrons. The van der Waals surface area contributed by atoms with Crippen molar-refractivity contribution in [1.29, 1.82) is 0 Å². The van der Waals surface area contributed by atoms with E-state index in [0.717, 1.165) is 10.2 Å². The van der Waals surface area contributed by atoms with Crippen molar-refractivity contribution in [2.45, 2.75) is 24.7 Å². The summed E-state index contributed by atoms with van der Waals surface area (Å²) in [6, 6.07) is 20.8. The maximum Gasteiger partial charge on any atom is 0.309 e. The van der Waals surface area contributed by atoms with Gasteiger partial charge < -0.3 is 5.11 Å². The zero-order valence-electron chi connectivity index (χ0n) is 19.0. The highest BCUT2D eigenvalue weighted by molar-refractivity contribution is 7.92. The van der Waals surface area contributed by atoms with E-state index >= 15 is 0 Å². The number of rotatable bonds is 9. The molecule has 0 aliphatic rings. The van der Waals surface area contributed by atoms with Crippen LogP contribution in [0.15, 0.2) is 88.7 Å². The van der Waals surface area contributed by atoms with Gasteiger partial charge in [-0.2, -0.15) is 0 Å². The van der Waals surface area contributed by atoms with Gasteiger partial charge in [-0.25, -0.2) is 18.1 Å². The molecule has 2 N–H and O–H groups in total. The van der Waals surface area contributed by atoms with Gasteiger partial charge in [0.25, 0.3) is 15.6 Å². The van der Waals surface area contributed by atoms with E-state index in [4.69, 9.17) is 0 Å². The molecule has 0 aliphatic heterocycles. The van der Waals surface area contributed by atoms with Crippen LogP contribution in [0, 0.1) is 0 Å². The molecule has 9 nitrogen and oxygen atoms in total. The molecule has 180 valence electrons. The fourth-order valence-corrected chi connectivity index (χ4v) is 5.25. The van der Waals surface area contributed by atoms with Gasteiger partial charge in [0.15, 0.2) is 5.82 Å². The number of carbonyl (C=O) groups is 1. The fourth-order valence-electron chi connectivity index (χ4n) is 3.83. The van der Waals surface area contributed by atoms with Gasteiger partial charge in [-0.3, -0.25) is 19.0 Å². The minimum Gasteiger partial charge on any atom is -0.481 e. The van der Waals surface area contributed by atoms with E-state index in [0.29, 0.717) is 11.3 Å². The van der Waals surface area contributed by atoms with Crippen molar-refractivity contribution in [2.24, 2.45) is 0 Å². The maximum atomic E-state index is 13.2. The van der Waals surface area contributed by atoms with E-state index in [1.54, 1.807) is 37.3 Å². The summed E-state index contributed by atoms with van der Waals surface area (Å²) in [5.41, 5.74) is 1.54. The van der Waals surface area contributed by atoms with Crippen molar-refractivity contribution in [3.8, 4) is 5.82 Å². The number of para-hydroxylation sites is 1. The first-order valence-electron chi connectivity index (χ1n) is 10.9. The van der Waals surface area contributed by atoms with Crippen LogP contribution < -0.4 is 9.86 Å². The number of nitrogens with one attached hydrogen (secondary N) is 1. The molecule has 0 unspecified atom stereocenters. The lowest BCUT2D eigenvalue weighted by atomic mass is 10.0. The predicted octanol–water partition coefficient (Wildman–Crippen LogP) is 2.99. The number of hydrogen-bond acceptors (Lipinski definition) is 5. The van der Waals surface area contributed by atoms with Crippen molar-refractivity contribution in [3.63, 3.8) is 0 Å². The number of pyridine rings is 1. The minimum absolute atomic E-state index is 0.0261. The third kappa shape index (κ3) is 5.02. The van der Waals surface area contributed by atoms with E-state index in [9.17, 15) is 23.1 Å². The fraction of sp³-hybridized carbons (Fsp3) is 0.160. The number of benzene rings is 2. The van der Waals surface area contributed by atoms with Crippen molar-refractivity contribution in [2.75, 3.05) is 10.8 Å². The molecule has 2 aromatic heterocycles. The smallest absolute Gasteiger partial charge is 0.309 e. The Morgan fingerprint density at radius 2 is 1.69 bits per heavy atom. The summed E-state index contributed by atoms with van der Waals surface area (Å²) in [5.74, 6) is -0.926. The zero-order chi connectivity index (χ0) is 25.0. The molecule has 2 heterocycles. The molecule has 2 aromatic carbocycles. The molecule has 0 spiro atoms. The van der Waals surface area contributed by atoms with Crippen LogP contribution in [0.3, 0.4) is 0 Å². The van der Waals surface area contributed by atoms with Crippen LogP contribution in [0.4, 0.5) is 5.69 Å². The molecule has 4 rings (SSSR count). The van der Waals surface area contributed by atoms with Gasteiger partial charge in [-0.15, -0.1) is 0 Å². The molecule has 35 heavy (non-hydrogen) atoms. The summed E-state index contributed by atoms with van der Waals surface area (Å²) in [7, 11) is -3.88. The van der Waals surface area contributed by atoms with Crippen molar-refractivity contribution in [1.82, 2.24) is 14.8 Å². The molecule has 0 fully saturated rings. The Labute approximate surface area is 202 Å². The van der Waals surface area contributed by atoms with E-state index in [1.165, 1.54) is 22.6 Å². The monoisotopic (exact) mass is 492 g/mol. The van der Waals surface area contributed by atoms with Gasteiger partial charge in [0.1, 0.15) is 4.90 Å². The van der Waals surface area contributed by atoms with E-state index in [1.807, 2.05) is 30.3 Å². The zero-order valence-corrected chi connectivity index (χ0v) is 19.8. The molecular weight excluding hydrogens is 468 g/mol. The highest BCUT2D eigenvalue weighted by Gasteiger charge is 2.24. The number of anilines is 1. The largest absolute Gasteiger partial charge is 0.481 e. The number of carboxylic acid groups (broad SMARTS) is 1. The number of aromatic nitrogens is 3. The number of carboxylic acids is 1. The van der Waals surface area contributed by atoms with Crippen molar-refractivity contribution < 1.29 is 18.3 Å². The molecule has 0 amide bonds. The lowest BCUT2D eigenvalue weighted by molar-refractivity contribution is -0.136. The summed E-state index contributed by atoms with van der Waals surface area (Å²) in [5, 5.41) is 12.1. The second kappa shape index (κ2) is 9.98. The molecular formula is C25H24N4O5S. The first-order valence-corrected chi connectivity index (χ1v) is 12.4. The van der Waals surface area contributed by atoms with E-state index < -0.39 is 21.6 Å². The highest BCUT2D eigenvalue weighted by Crippen LogP contribution is 2.23. The van der Waals surface area contributed by atoms with Crippen molar-refractivity contribution in [3.05, 3.63) is 106 Å². The summed E-state index contributed by atoms with van der Waals surface area (Å²) in [6.07, 6.45) is 1.08. The van der Waals surface area contributed by atoms with Gasteiger partial charge in [0.05, 0.1) is 17.8 Å². The second-order valence-electron chi connectivity index (χ2n) is 7.80. The summed E-state index contributed by atoms with van der Waals surface area (Å²) < 4.78 is 28.8. The number of aliphatic carboxylic acids is 1. The first-order chi connectivity index (χ1) is 16.8. The minimum atomic E-state index is -3.88. The van der Waals surface area contributed by atoms with Crippen LogP contribution in [-0.4, -0.2) is 40.8 Å². The number of nitrogens with zero attached hydrogens (tertiary/aromatic N) is 3. The number of aromatic amines is 1. The molecule has 0 saturated carbocycles. The number of hydrogen-bond donors (Lipinski definition) is 2. The normalized spacial score (nSPS) is 11.3. The van der Waals surface area contributed by atoms with Gasteiger partial charge in [0, 0.05) is 24.7 Å². The summed E-state index contributed by atoms with van der Waals surface area (Å²) in [6.45, 7) is 1.97. The second-order valence-corrected chi connectivity index (χ2v) is 9.66. The first kappa shape index (κ1) is 24.0. The molecule has 0 atom stereocenters. The molecule has 4 aromatic rings. The van der Waals surface area contributed by atoms with Crippen LogP contribution >= 0.6 is 0 Å². The Morgan fingerprint density at radius 1 is 1.03 bits per heavy atom.